The largest absolute Gasteiger partial charge is 0.476 e. The minimum atomic E-state index is -1.14. The van der Waals surface area contributed by atoms with Gasteiger partial charge in [-0.1, -0.05) is 0 Å². The summed E-state index contributed by atoms with van der Waals surface area (Å²) in [5, 5.41) is 22.4. The summed E-state index contributed by atoms with van der Waals surface area (Å²) >= 11 is 0. The van der Waals surface area contributed by atoms with Crippen LogP contribution in [0.1, 0.15) is 37.9 Å². The number of hydrogen-bond donors (Lipinski definition) is 2. The quantitative estimate of drug-likeness (QED) is 0.857. The first-order valence-corrected chi connectivity index (χ1v) is 7.29. The zero-order valence-electron chi connectivity index (χ0n) is 12.7. The number of nitrogens with zero attached hydrogens (tertiary/aromatic N) is 3. The van der Waals surface area contributed by atoms with Gasteiger partial charge in [-0.15, -0.1) is 0 Å². The topological polar surface area (TPSA) is 109 Å². The first-order chi connectivity index (χ1) is 11.0. The summed E-state index contributed by atoms with van der Waals surface area (Å²) in [6.07, 6.45) is 1.95. The number of hydrogen-bond acceptors (Lipinski definition) is 5. The lowest BCUT2D eigenvalue weighted by atomic mass is 10.0. The number of aromatic nitrogens is 2. The number of carbonyl (C=O) groups excluding carboxylic acids is 1. The highest BCUT2D eigenvalue weighted by Gasteiger charge is 2.31. The van der Waals surface area contributed by atoms with Gasteiger partial charge in [0.1, 0.15) is 0 Å². The van der Waals surface area contributed by atoms with E-state index in [9.17, 15) is 14.7 Å². The molecule has 122 valence electrons. The highest BCUT2D eigenvalue weighted by Crippen LogP contribution is 2.25. The molecule has 0 aliphatic carbocycles. The van der Waals surface area contributed by atoms with E-state index in [-0.39, 0.29) is 37.1 Å². The zero-order chi connectivity index (χ0) is 16.6. The van der Waals surface area contributed by atoms with Crippen LogP contribution in [0.4, 0.5) is 0 Å². The van der Waals surface area contributed by atoms with Crippen LogP contribution >= 0.6 is 0 Å². The highest BCUT2D eigenvalue weighted by atomic mass is 16.4. The van der Waals surface area contributed by atoms with Gasteiger partial charge in [-0.05, 0) is 13.0 Å². The first kappa shape index (κ1) is 15.3. The number of aliphatic hydroxyl groups excluding tert-OH is 1. The van der Waals surface area contributed by atoms with E-state index in [0.29, 0.717) is 18.5 Å². The molecule has 0 radical (unpaired) electrons. The maximum atomic E-state index is 12.5. The van der Waals surface area contributed by atoms with Crippen LogP contribution in [0.15, 0.2) is 16.7 Å². The Balaban J connectivity index is 1.92. The smallest absolute Gasteiger partial charge is 0.356 e. The Labute approximate surface area is 131 Å². The van der Waals surface area contributed by atoms with Crippen molar-refractivity contribution in [2.45, 2.75) is 26.4 Å². The fourth-order valence-corrected chi connectivity index (χ4v) is 2.85. The molecule has 1 amide bonds. The number of rotatable bonds is 4. The molecule has 3 rings (SSSR count). The fraction of sp³-hybridized carbons (Fsp3) is 0.400. The molecular formula is C15H17N3O5. The standard InChI is InChI=1S/C15H17N3O5/c1-9-3-7-23-13(9)14(20)17-4-2-11-10(8-17)12(15(21)22)16-18(11)5-6-19/h3,7,19H,2,4-6,8H2,1H3,(H,21,22). The molecule has 3 heterocycles. The van der Waals surface area contributed by atoms with Crippen molar-refractivity contribution in [1.82, 2.24) is 14.7 Å². The van der Waals surface area contributed by atoms with E-state index in [4.69, 9.17) is 9.52 Å². The van der Waals surface area contributed by atoms with Crippen LogP contribution in [0.2, 0.25) is 0 Å². The van der Waals surface area contributed by atoms with Crippen LogP contribution in [-0.4, -0.2) is 49.9 Å². The third kappa shape index (κ3) is 2.61. The second-order valence-electron chi connectivity index (χ2n) is 5.44. The molecule has 0 unspecified atom stereocenters. The molecular weight excluding hydrogens is 302 g/mol. The van der Waals surface area contributed by atoms with Gasteiger partial charge in [-0.3, -0.25) is 9.48 Å². The molecule has 2 aromatic rings. The minimum absolute atomic E-state index is 0.0675. The van der Waals surface area contributed by atoms with Gasteiger partial charge >= 0.3 is 5.97 Å². The third-order valence-electron chi connectivity index (χ3n) is 3.99. The second-order valence-corrected chi connectivity index (χ2v) is 5.44. The second kappa shape index (κ2) is 5.88. The van der Waals surface area contributed by atoms with E-state index < -0.39 is 5.97 Å². The monoisotopic (exact) mass is 319 g/mol. The van der Waals surface area contributed by atoms with Gasteiger partial charge in [0.2, 0.25) is 0 Å². The van der Waals surface area contributed by atoms with Crippen molar-refractivity contribution in [3.63, 3.8) is 0 Å². The Morgan fingerprint density at radius 3 is 2.83 bits per heavy atom. The molecule has 23 heavy (non-hydrogen) atoms. The van der Waals surface area contributed by atoms with Gasteiger partial charge in [-0.25, -0.2) is 4.79 Å². The van der Waals surface area contributed by atoms with Gasteiger partial charge in [0, 0.05) is 29.8 Å². The summed E-state index contributed by atoms with van der Waals surface area (Å²) in [5.74, 6) is -1.13. The van der Waals surface area contributed by atoms with E-state index >= 15 is 0 Å². The summed E-state index contributed by atoms with van der Waals surface area (Å²) in [6, 6.07) is 1.71. The first-order valence-electron chi connectivity index (χ1n) is 7.29. The third-order valence-corrected chi connectivity index (χ3v) is 3.99. The lowest BCUT2D eigenvalue weighted by Crippen LogP contribution is -2.37. The van der Waals surface area contributed by atoms with Crippen molar-refractivity contribution < 1.29 is 24.2 Å². The van der Waals surface area contributed by atoms with Gasteiger partial charge in [-0.2, -0.15) is 5.10 Å². The van der Waals surface area contributed by atoms with Gasteiger partial charge in [0.25, 0.3) is 5.91 Å². The van der Waals surface area contributed by atoms with Crippen molar-refractivity contribution in [3.8, 4) is 0 Å². The Hall–Kier alpha value is -2.61. The molecule has 2 aromatic heterocycles. The van der Waals surface area contributed by atoms with Gasteiger partial charge < -0.3 is 19.5 Å². The normalized spacial score (nSPS) is 13.9. The summed E-state index contributed by atoms with van der Waals surface area (Å²) in [7, 11) is 0. The lowest BCUT2D eigenvalue weighted by Gasteiger charge is -2.27. The van der Waals surface area contributed by atoms with E-state index in [1.54, 1.807) is 17.9 Å². The van der Waals surface area contributed by atoms with Crippen molar-refractivity contribution in [2.75, 3.05) is 13.2 Å². The highest BCUT2D eigenvalue weighted by molar-refractivity contribution is 5.93. The van der Waals surface area contributed by atoms with Crippen LogP contribution in [0, 0.1) is 6.92 Å². The van der Waals surface area contributed by atoms with Gasteiger partial charge in [0.15, 0.2) is 11.5 Å². The molecule has 0 saturated carbocycles. The molecule has 0 fully saturated rings. The molecule has 0 saturated heterocycles. The van der Waals surface area contributed by atoms with E-state index in [1.165, 1.54) is 10.9 Å². The number of fused-ring (bicyclic) bond motifs is 1. The number of carboxylic acid groups (broad SMARTS) is 1. The van der Waals surface area contributed by atoms with Crippen molar-refractivity contribution >= 4 is 11.9 Å². The molecule has 8 nitrogen and oxygen atoms in total. The maximum Gasteiger partial charge on any atom is 0.356 e. The summed E-state index contributed by atoms with van der Waals surface area (Å²) in [4.78, 5) is 25.5. The molecule has 0 atom stereocenters. The van der Waals surface area contributed by atoms with Crippen LogP contribution in [0.25, 0.3) is 0 Å². The number of aliphatic hydroxyl groups is 1. The van der Waals surface area contributed by atoms with Crippen LogP contribution < -0.4 is 0 Å². The van der Waals surface area contributed by atoms with Crippen molar-refractivity contribution in [1.29, 1.82) is 0 Å². The molecule has 1 aliphatic heterocycles. The Morgan fingerprint density at radius 1 is 1.43 bits per heavy atom. The lowest BCUT2D eigenvalue weighted by molar-refractivity contribution is 0.0665. The molecule has 1 aliphatic rings. The maximum absolute atomic E-state index is 12.5. The predicted molar refractivity (Wildman–Crippen MR) is 78.2 cm³/mol. The van der Waals surface area contributed by atoms with E-state index in [2.05, 4.69) is 5.10 Å². The number of aromatic carboxylic acids is 1. The van der Waals surface area contributed by atoms with Crippen LogP contribution in [0.5, 0.6) is 0 Å². The molecule has 0 aromatic carbocycles. The Kier molecular flexibility index (Phi) is 3.91. The van der Waals surface area contributed by atoms with Crippen LogP contribution in [0.3, 0.4) is 0 Å². The number of furan rings is 1. The Bertz CT molecular complexity index is 761. The Morgan fingerprint density at radius 2 is 2.22 bits per heavy atom. The fourth-order valence-electron chi connectivity index (χ4n) is 2.85. The minimum Gasteiger partial charge on any atom is -0.476 e. The number of amides is 1. The number of aryl methyl sites for hydroxylation is 1. The SMILES string of the molecule is Cc1ccoc1C(=O)N1CCc2c(c(C(=O)O)nn2CCO)C1. The molecule has 0 spiro atoms. The zero-order valence-corrected chi connectivity index (χ0v) is 12.7. The summed E-state index contributed by atoms with van der Waals surface area (Å²) in [6.45, 7) is 2.51. The van der Waals surface area contributed by atoms with Crippen molar-refractivity contribution in [2.24, 2.45) is 0 Å². The van der Waals surface area contributed by atoms with Gasteiger partial charge in [0.05, 0.1) is 26.0 Å². The van der Waals surface area contributed by atoms with E-state index in [0.717, 1.165) is 11.3 Å². The van der Waals surface area contributed by atoms with Crippen molar-refractivity contribution in [3.05, 3.63) is 40.6 Å². The number of carboxylic acids is 1. The summed E-state index contributed by atoms with van der Waals surface area (Å²) < 4.78 is 6.74. The molecule has 2 N–H and O–H groups in total. The summed E-state index contributed by atoms with van der Waals surface area (Å²) in [5.41, 5.74) is 1.96. The van der Waals surface area contributed by atoms with E-state index in [1.807, 2.05) is 0 Å². The average molecular weight is 319 g/mol. The predicted octanol–water partition coefficient (Wildman–Crippen LogP) is 0.674. The molecule has 0 bridgehead atoms. The van der Waals surface area contributed by atoms with Crippen LogP contribution in [-0.2, 0) is 19.5 Å². The molecule has 8 heteroatoms. The number of carbonyl (C=O) groups is 2. The average Bonchev–Trinajstić information content (AvgIpc) is 3.11.